The van der Waals surface area contributed by atoms with Crippen LogP contribution in [0.25, 0.3) is 0 Å². The normalized spacial score (nSPS) is 37.4. The van der Waals surface area contributed by atoms with Crippen LogP contribution in [0.3, 0.4) is 0 Å². The third kappa shape index (κ3) is 4.74. The zero-order chi connectivity index (χ0) is 18.5. The van der Waals surface area contributed by atoms with Crippen LogP contribution in [0.2, 0.25) is 0 Å². The Morgan fingerprint density at radius 1 is 1.00 bits per heavy atom. The number of hydrogen-bond donors (Lipinski definition) is 1. The molecule has 1 N–H and O–H groups in total. The highest BCUT2D eigenvalue weighted by Crippen LogP contribution is 2.44. The number of ketones is 1. The van der Waals surface area contributed by atoms with Gasteiger partial charge in [0, 0.05) is 18.3 Å². The zero-order valence-electron chi connectivity index (χ0n) is 15.6. The number of carbonyl (C=O) groups is 2. The fourth-order valence-electron chi connectivity index (χ4n) is 5.34. The van der Waals surface area contributed by atoms with Crippen LogP contribution in [0, 0.1) is 23.7 Å². The summed E-state index contributed by atoms with van der Waals surface area (Å²) >= 11 is 0. The molecule has 3 saturated carbocycles. The van der Waals surface area contributed by atoms with Crippen LogP contribution < -0.4 is 0 Å². The standard InChI is InChI=1S/C21H32O5/c1-2-25-20(23)13-26-17-9-10-18(19(22)12-17)21(24)16-8-7-14-5-3-4-6-15(14)11-16/h2,14-19,22H,1,3-13H2. The Morgan fingerprint density at radius 3 is 2.50 bits per heavy atom. The maximum Gasteiger partial charge on any atom is 0.336 e. The third-order valence-electron chi connectivity index (χ3n) is 6.73. The lowest BCUT2D eigenvalue weighted by Gasteiger charge is -2.41. The first-order valence-corrected chi connectivity index (χ1v) is 10.2. The van der Waals surface area contributed by atoms with Crippen molar-refractivity contribution in [1.29, 1.82) is 0 Å². The van der Waals surface area contributed by atoms with Gasteiger partial charge in [0.2, 0.25) is 0 Å². The van der Waals surface area contributed by atoms with E-state index in [9.17, 15) is 14.7 Å². The smallest absolute Gasteiger partial charge is 0.336 e. The van der Waals surface area contributed by atoms with Crippen molar-refractivity contribution in [1.82, 2.24) is 0 Å². The van der Waals surface area contributed by atoms with Gasteiger partial charge in [0.1, 0.15) is 12.4 Å². The lowest BCUT2D eigenvalue weighted by molar-refractivity contribution is -0.149. The Kier molecular flexibility index (Phi) is 6.87. The Bertz CT molecular complexity index is 517. The molecule has 0 aromatic heterocycles. The molecule has 5 heteroatoms. The number of hydrogen-bond acceptors (Lipinski definition) is 5. The monoisotopic (exact) mass is 364 g/mol. The molecular formula is C21H32O5. The van der Waals surface area contributed by atoms with Gasteiger partial charge in [-0.05, 0) is 43.9 Å². The van der Waals surface area contributed by atoms with Crippen molar-refractivity contribution in [2.45, 2.75) is 76.4 Å². The van der Waals surface area contributed by atoms with Crippen LogP contribution in [0.15, 0.2) is 12.8 Å². The molecule has 6 atom stereocenters. The Hall–Kier alpha value is -1.20. The van der Waals surface area contributed by atoms with E-state index in [1.54, 1.807) is 0 Å². The number of ether oxygens (including phenoxy) is 2. The fourth-order valence-corrected chi connectivity index (χ4v) is 5.34. The second-order valence-electron chi connectivity index (χ2n) is 8.29. The summed E-state index contributed by atoms with van der Waals surface area (Å²) in [6.45, 7) is 3.19. The van der Waals surface area contributed by atoms with Crippen molar-refractivity contribution >= 4 is 11.8 Å². The number of carbonyl (C=O) groups excluding carboxylic acids is 2. The topological polar surface area (TPSA) is 72.8 Å². The first-order valence-electron chi connectivity index (χ1n) is 10.2. The molecule has 26 heavy (non-hydrogen) atoms. The molecule has 3 rings (SSSR count). The van der Waals surface area contributed by atoms with Crippen LogP contribution >= 0.6 is 0 Å². The largest absolute Gasteiger partial charge is 0.433 e. The highest BCUT2D eigenvalue weighted by atomic mass is 16.6. The van der Waals surface area contributed by atoms with Crippen molar-refractivity contribution in [3.63, 3.8) is 0 Å². The van der Waals surface area contributed by atoms with E-state index in [4.69, 9.17) is 4.74 Å². The van der Waals surface area contributed by atoms with Crippen LogP contribution in [0.4, 0.5) is 0 Å². The predicted octanol–water partition coefficient (Wildman–Crippen LogP) is 3.39. The average Bonchev–Trinajstić information content (AvgIpc) is 2.66. The van der Waals surface area contributed by atoms with E-state index in [2.05, 4.69) is 11.3 Å². The van der Waals surface area contributed by atoms with Crippen molar-refractivity contribution in [2.75, 3.05) is 6.61 Å². The molecular weight excluding hydrogens is 332 g/mol. The average molecular weight is 364 g/mol. The van der Waals surface area contributed by atoms with Crippen molar-refractivity contribution in [3.05, 3.63) is 12.8 Å². The van der Waals surface area contributed by atoms with Gasteiger partial charge >= 0.3 is 5.97 Å². The molecule has 0 heterocycles. The van der Waals surface area contributed by atoms with Crippen molar-refractivity contribution < 1.29 is 24.2 Å². The summed E-state index contributed by atoms with van der Waals surface area (Å²) in [5, 5.41) is 10.5. The van der Waals surface area contributed by atoms with Crippen molar-refractivity contribution in [2.24, 2.45) is 23.7 Å². The lowest BCUT2D eigenvalue weighted by atomic mass is 9.65. The summed E-state index contributed by atoms with van der Waals surface area (Å²) < 4.78 is 10.1. The number of rotatable bonds is 6. The van der Waals surface area contributed by atoms with Crippen LogP contribution in [-0.2, 0) is 19.1 Å². The first-order chi connectivity index (χ1) is 12.6. The molecule has 0 bridgehead atoms. The van der Waals surface area contributed by atoms with Gasteiger partial charge in [-0.25, -0.2) is 4.79 Å². The van der Waals surface area contributed by atoms with Crippen LogP contribution in [-0.4, -0.2) is 35.7 Å². The van der Waals surface area contributed by atoms with E-state index >= 15 is 0 Å². The highest BCUT2D eigenvalue weighted by Gasteiger charge is 2.41. The summed E-state index contributed by atoms with van der Waals surface area (Å²) in [6, 6.07) is 0. The molecule has 3 aliphatic carbocycles. The molecule has 6 unspecified atom stereocenters. The predicted molar refractivity (Wildman–Crippen MR) is 97.2 cm³/mol. The van der Waals surface area contributed by atoms with Gasteiger partial charge in [-0.15, -0.1) is 0 Å². The number of aliphatic hydroxyl groups is 1. The number of Topliss-reactive ketones (excluding diaryl/α,β-unsaturated/α-hetero) is 1. The zero-order valence-corrected chi connectivity index (χ0v) is 15.6. The Balaban J connectivity index is 1.47. The highest BCUT2D eigenvalue weighted by molar-refractivity contribution is 5.84. The summed E-state index contributed by atoms with van der Waals surface area (Å²) in [5.41, 5.74) is 0. The number of aliphatic hydroxyl groups excluding tert-OH is 1. The summed E-state index contributed by atoms with van der Waals surface area (Å²) in [4.78, 5) is 24.3. The van der Waals surface area contributed by atoms with Gasteiger partial charge in [-0.2, -0.15) is 0 Å². The maximum absolute atomic E-state index is 13.0. The Morgan fingerprint density at radius 2 is 1.77 bits per heavy atom. The van der Waals surface area contributed by atoms with E-state index in [1.807, 2.05) is 0 Å². The molecule has 0 aliphatic heterocycles. The third-order valence-corrected chi connectivity index (χ3v) is 6.73. The van der Waals surface area contributed by atoms with Crippen LogP contribution in [0.1, 0.15) is 64.2 Å². The second-order valence-corrected chi connectivity index (χ2v) is 8.29. The first kappa shape index (κ1) is 19.6. The number of esters is 1. The van der Waals surface area contributed by atoms with Gasteiger partial charge < -0.3 is 14.6 Å². The minimum absolute atomic E-state index is 0.133. The summed E-state index contributed by atoms with van der Waals surface area (Å²) in [5.74, 6) is 1.20. The summed E-state index contributed by atoms with van der Waals surface area (Å²) in [7, 11) is 0. The minimum atomic E-state index is -0.666. The molecule has 0 spiro atoms. The van der Waals surface area contributed by atoms with E-state index < -0.39 is 12.1 Å². The molecule has 0 aromatic rings. The quantitative estimate of drug-likeness (QED) is 0.578. The molecule has 3 aliphatic rings. The van der Waals surface area contributed by atoms with E-state index in [0.29, 0.717) is 19.3 Å². The van der Waals surface area contributed by atoms with Gasteiger partial charge in [0.05, 0.1) is 18.5 Å². The van der Waals surface area contributed by atoms with Gasteiger partial charge in [0.25, 0.3) is 0 Å². The maximum atomic E-state index is 13.0. The van der Waals surface area contributed by atoms with E-state index in [-0.39, 0.29) is 30.3 Å². The molecule has 5 nitrogen and oxygen atoms in total. The minimum Gasteiger partial charge on any atom is -0.433 e. The lowest BCUT2D eigenvalue weighted by Crippen LogP contribution is -2.42. The second kappa shape index (κ2) is 9.14. The SMILES string of the molecule is C=COC(=O)COC1CCC(C(=O)C2CCC3CCCCC3C2)C(O)C1. The molecule has 0 saturated heterocycles. The number of fused-ring (bicyclic) bond motifs is 1. The molecule has 0 amide bonds. The van der Waals surface area contributed by atoms with E-state index in [1.165, 1.54) is 32.1 Å². The van der Waals surface area contributed by atoms with Gasteiger partial charge in [-0.3, -0.25) is 4.79 Å². The molecule has 3 fully saturated rings. The fraction of sp³-hybridized carbons (Fsp3) is 0.810. The van der Waals surface area contributed by atoms with E-state index in [0.717, 1.165) is 30.9 Å². The van der Waals surface area contributed by atoms with Crippen LogP contribution in [0.5, 0.6) is 0 Å². The molecule has 146 valence electrons. The summed E-state index contributed by atoms with van der Waals surface area (Å²) in [6.07, 6.45) is 10.5. The Labute approximate surface area is 156 Å². The van der Waals surface area contributed by atoms with Crippen molar-refractivity contribution in [3.8, 4) is 0 Å². The molecule has 0 radical (unpaired) electrons. The van der Waals surface area contributed by atoms with Gasteiger partial charge in [-0.1, -0.05) is 32.3 Å². The molecule has 0 aromatic carbocycles. The van der Waals surface area contributed by atoms with Gasteiger partial charge in [0.15, 0.2) is 0 Å².